The molecule has 1 fully saturated rings. The molecule has 0 aromatic carbocycles. The summed E-state index contributed by atoms with van der Waals surface area (Å²) in [6.07, 6.45) is 3.57. The van der Waals surface area contributed by atoms with E-state index in [0.29, 0.717) is 18.9 Å². The van der Waals surface area contributed by atoms with E-state index in [1.54, 1.807) is 13.3 Å². The molecular weight excluding hydrogens is 486 g/mol. The molecule has 1 saturated heterocycles. The molecule has 1 aliphatic rings. The van der Waals surface area contributed by atoms with Gasteiger partial charge in [-0.1, -0.05) is 17.3 Å². The number of rotatable bonds is 7. The number of aromatic nitrogens is 3. The summed E-state index contributed by atoms with van der Waals surface area (Å²) in [5.41, 5.74) is 1.52. The maximum Gasteiger partial charge on any atom is 0.194 e. The lowest BCUT2D eigenvalue weighted by atomic mass is 10.2. The summed E-state index contributed by atoms with van der Waals surface area (Å²) in [7, 11) is 1.70. The molecule has 9 nitrogen and oxygen atoms in total. The SMILES string of the molecule is Br.COCC(C)NC(=NCc1cc(-c2ccccn2)on1)N1CCN(c2ccccn2)CC1. The Morgan fingerprint density at radius 2 is 1.88 bits per heavy atom. The summed E-state index contributed by atoms with van der Waals surface area (Å²) in [5, 5.41) is 7.66. The van der Waals surface area contributed by atoms with Gasteiger partial charge in [0.05, 0.1) is 13.2 Å². The molecule has 1 aliphatic heterocycles. The Bertz CT molecular complexity index is 992. The number of piperazine rings is 1. The van der Waals surface area contributed by atoms with Gasteiger partial charge in [-0.25, -0.2) is 9.98 Å². The molecule has 0 spiro atoms. The summed E-state index contributed by atoms with van der Waals surface area (Å²) in [4.78, 5) is 18.2. The molecule has 3 aromatic heterocycles. The van der Waals surface area contributed by atoms with E-state index in [4.69, 9.17) is 14.3 Å². The summed E-state index contributed by atoms with van der Waals surface area (Å²) >= 11 is 0. The fourth-order valence-corrected chi connectivity index (χ4v) is 3.61. The molecule has 3 aromatic rings. The predicted octanol–water partition coefficient (Wildman–Crippen LogP) is 3.01. The van der Waals surface area contributed by atoms with E-state index in [9.17, 15) is 0 Å². The van der Waals surface area contributed by atoms with Crippen LogP contribution in [0.1, 0.15) is 12.6 Å². The van der Waals surface area contributed by atoms with Crippen molar-refractivity contribution in [1.29, 1.82) is 0 Å². The minimum Gasteiger partial charge on any atom is -0.383 e. The first-order chi connectivity index (χ1) is 15.7. The van der Waals surface area contributed by atoms with Gasteiger partial charge in [-0.05, 0) is 31.2 Å². The number of aliphatic imine (C=N–C) groups is 1. The van der Waals surface area contributed by atoms with Gasteiger partial charge < -0.3 is 24.4 Å². The second-order valence-electron chi connectivity index (χ2n) is 7.70. The number of nitrogens with zero attached hydrogens (tertiary/aromatic N) is 6. The van der Waals surface area contributed by atoms with Crippen molar-refractivity contribution in [2.45, 2.75) is 19.5 Å². The summed E-state index contributed by atoms with van der Waals surface area (Å²) in [5.74, 6) is 2.50. The van der Waals surface area contributed by atoms with Crippen LogP contribution >= 0.6 is 17.0 Å². The van der Waals surface area contributed by atoms with Crippen LogP contribution in [0.15, 0.2) is 64.4 Å². The van der Waals surface area contributed by atoms with Gasteiger partial charge in [0.2, 0.25) is 0 Å². The Morgan fingerprint density at radius 1 is 1.12 bits per heavy atom. The molecule has 0 aliphatic carbocycles. The van der Waals surface area contributed by atoms with Crippen molar-refractivity contribution >= 4 is 28.8 Å². The topological polar surface area (TPSA) is 91.9 Å². The Kier molecular flexibility index (Phi) is 9.20. The molecule has 10 heteroatoms. The fraction of sp³-hybridized carbons (Fsp3) is 0.391. The van der Waals surface area contributed by atoms with Gasteiger partial charge in [-0.15, -0.1) is 17.0 Å². The van der Waals surface area contributed by atoms with Gasteiger partial charge in [-0.2, -0.15) is 0 Å². The molecule has 1 atom stereocenters. The third kappa shape index (κ3) is 6.75. The van der Waals surface area contributed by atoms with Gasteiger partial charge in [0.1, 0.15) is 17.2 Å². The monoisotopic (exact) mass is 515 g/mol. The highest BCUT2D eigenvalue weighted by atomic mass is 79.9. The van der Waals surface area contributed by atoms with E-state index < -0.39 is 0 Å². The predicted molar refractivity (Wildman–Crippen MR) is 134 cm³/mol. The number of guanidine groups is 1. The lowest BCUT2D eigenvalue weighted by Gasteiger charge is -2.37. The summed E-state index contributed by atoms with van der Waals surface area (Å²) in [6, 6.07) is 13.7. The van der Waals surface area contributed by atoms with Crippen LogP contribution in [0.2, 0.25) is 0 Å². The third-order valence-corrected chi connectivity index (χ3v) is 5.21. The third-order valence-electron chi connectivity index (χ3n) is 5.21. The molecule has 1 N–H and O–H groups in total. The van der Waals surface area contributed by atoms with Crippen LogP contribution in [0.25, 0.3) is 11.5 Å². The van der Waals surface area contributed by atoms with Crippen molar-refractivity contribution in [2.75, 3.05) is 44.8 Å². The van der Waals surface area contributed by atoms with Gasteiger partial charge in [0.25, 0.3) is 0 Å². The molecule has 0 amide bonds. The standard InChI is InChI=1S/C23H29N7O2.BrH/c1-18(17-31-2)27-23(30-13-11-29(12-14-30)22-8-4-6-10-25-22)26-16-19-15-21(32-28-19)20-7-3-5-9-24-20;/h3-10,15,18H,11-14,16-17H2,1-2H3,(H,26,27);1H. The van der Waals surface area contributed by atoms with E-state index in [2.05, 4.69) is 37.2 Å². The second-order valence-corrected chi connectivity index (χ2v) is 7.70. The molecule has 176 valence electrons. The first-order valence-corrected chi connectivity index (χ1v) is 10.8. The lowest BCUT2D eigenvalue weighted by molar-refractivity contribution is 0.177. The maximum absolute atomic E-state index is 5.46. The van der Waals surface area contributed by atoms with Crippen molar-refractivity contribution in [3.63, 3.8) is 0 Å². The van der Waals surface area contributed by atoms with Crippen LogP contribution in [0.4, 0.5) is 5.82 Å². The number of anilines is 1. The highest BCUT2D eigenvalue weighted by Gasteiger charge is 2.22. The largest absolute Gasteiger partial charge is 0.383 e. The van der Waals surface area contributed by atoms with Crippen molar-refractivity contribution < 1.29 is 9.26 Å². The van der Waals surface area contributed by atoms with Crippen LogP contribution in [0, 0.1) is 0 Å². The van der Waals surface area contributed by atoms with Crippen molar-refractivity contribution in [3.05, 3.63) is 60.6 Å². The van der Waals surface area contributed by atoms with Crippen LogP contribution in [-0.2, 0) is 11.3 Å². The average molecular weight is 516 g/mol. The number of halogens is 1. The number of nitrogens with one attached hydrogen (secondary N) is 1. The van der Waals surface area contributed by atoms with Crippen molar-refractivity contribution in [1.82, 2.24) is 25.3 Å². The average Bonchev–Trinajstić information content (AvgIpc) is 3.32. The van der Waals surface area contributed by atoms with Crippen LogP contribution in [-0.4, -0.2) is 71.9 Å². The maximum atomic E-state index is 5.46. The van der Waals surface area contributed by atoms with E-state index in [1.165, 1.54) is 0 Å². The van der Waals surface area contributed by atoms with Gasteiger partial charge in [0, 0.05) is 57.8 Å². The van der Waals surface area contributed by atoms with Gasteiger partial charge in [-0.3, -0.25) is 4.98 Å². The van der Waals surface area contributed by atoms with E-state index in [-0.39, 0.29) is 23.0 Å². The highest BCUT2D eigenvalue weighted by molar-refractivity contribution is 8.93. The zero-order valence-electron chi connectivity index (χ0n) is 18.9. The van der Waals surface area contributed by atoms with Gasteiger partial charge >= 0.3 is 0 Å². The number of hydrogen-bond acceptors (Lipinski definition) is 7. The van der Waals surface area contributed by atoms with E-state index in [0.717, 1.165) is 49.3 Å². The highest BCUT2D eigenvalue weighted by Crippen LogP contribution is 2.18. The fourth-order valence-electron chi connectivity index (χ4n) is 3.61. The van der Waals surface area contributed by atoms with E-state index in [1.807, 2.05) is 48.7 Å². The quantitative estimate of drug-likeness (QED) is 0.379. The molecule has 1 unspecified atom stereocenters. The number of pyridine rings is 2. The van der Waals surface area contributed by atoms with Crippen LogP contribution in [0.3, 0.4) is 0 Å². The van der Waals surface area contributed by atoms with Crippen molar-refractivity contribution in [3.8, 4) is 11.5 Å². The van der Waals surface area contributed by atoms with Gasteiger partial charge in [0.15, 0.2) is 11.7 Å². The van der Waals surface area contributed by atoms with Crippen molar-refractivity contribution in [2.24, 2.45) is 4.99 Å². The Balaban J connectivity index is 0.00000306. The first kappa shape index (κ1) is 24.7. The molecule has 0 saturated carbocycles. The minimum atomic E-state index is 0. The number of hydrogen-bond donors (Lipinski definition) is 1. The molecule has 4 rings (SSSR count). The minimum absolute atomic E-state index is 0. The molecular formula is C23H30BrN7O2. The lowest BCUT2D eigenvalue weighted by Crippen LogP contribution is -2.54. The zero-order valence-corrected chi connectivity index (χ0v) is 20.6. The van der Waals surface area contributed by atoms with Crippen LogP contribution < -0.4 is 10.2 Å². The molecule has 0 bridgehead atoms. The smallest absolute Gasteiger partial charge is 0.194 e. The number of ether oxygens (including phenoxy) is 1. The number of methoxy groups -OCH3 is 1. The second kappa shape index (κ2) is 12.3. The summed E-state index contributed by atoms with van der Waals surface area (Å²) < 4.78 is 10.8. The zero-order chi connectivity index (χ0) is 22.2. The Morgan fingerprint density at radius 3 is 2.55 bits per heavy atom. The normalized spacial score (nSPS) is 15.2. The summed E-state index contributed by atoms with van der Waals surface area (Å²) in [6.45, 7) is 6.55. The Labute approximate surface area is 204 Å². The van der Waals surface area contributed by atoms with E-state index >= 15 is 0 Å². The van der Waals surface area contributed by atoms with Crippen LogP contribution in [0.5, 0.6) is 0 Å². The Hall–Kier alpha value is -2.98. The molecule has 33 heavy (non-hydrogen) atoms. The molecule has 4 heterocycles. The first-order valence-electron chi connectivity index (χ1n) is 10.8. The molecule has 0 radical (unpaired) electrons.